The van der Waals surface area contributed by atoms with Crippen LogP contribution in [0.4, 0.5) is 5.82 Å². The number of benzene rings is 1. The highest BCUT2D eigenvalue weighted by atomic mass is 16.7. The van der Waals surface area contributed by atoms with Crippen LogP contribution in [0.15, 0.2) is 42.6 Å². The van der Waals surface area contributed by atoms with E-state index >= 15 is 0 Å². The van der Waals surface area contributed by atoms with Crippen LogP contribution in [0.1, 0.15) is 34.3 Å². The Balaban J connectivity index is 1.37. The van der Waals surface area contributed by atoms with Gasteiger partial charge in [0, 0.05) is 44.2 Å². The molecule has 2 aliphatic heterocycles. The largest absolute Gasteiger partial charge is 0.366 e. The number of aromatic nitrogens is 1. The minimum atomic E-state index is -0.463. The smallest absolute Gasteiger partial charge is 0.254 e. The lowest BCUT2D eigenvalue weighted by Crippen LogP contribution is -2.47. The van der Waals surface area contributed by atoms with Crippen LogP contribution >= 0.6 is 0 Å². The third-order valence-electron chi connectivity index (χ3n) is 5.23. The van der Waals surface area contributed by atoms with Crippen molar-refractivity contribution < 1.29 is 14.3 Å². The number of aryl methyl sites for hydroxylation is 1. The number of nitrogens with zero attached hydrogens (tertiary/aromatic N) is 2. The molecule has 1 amide bonds. The lowest BCUT2D eigenvalue weighted by atomic mass is 10.0. The highest BCUT2D eigenvalue weighted by Gasteiger charge is 2.40. The van der Waals surface area contributed by atoms with Gasteiger partial charge in [-0.2, -0.15) is 0 Å². The van der Waals surface area contributed by atoms with Gasteiger partial charge in [0.1, 0.15) is 5.82 Å². The third kappa shape index (κ3) is 4.12. The van der Waals surface area contributed by atoms with Crippen molar-refractivity contribution in [2.24, 2.45) is 0 Å². The highest BCUT2D eigenvalue weighted by molar-refractivity contribution is 5.94. The summed E-state index contributed by atoms with van der Waals surface area (Å²) >= 11 is 0. The molecule has 1 N–H and O–H groups in total. The number of carbonyl (C=O) groups excluding carboxylic acids is 1. The fourth-order valence-corrected chi connectivity index (χ4v) is 3.58. The maximum Gasteiger partial charge on any atom is 0.254 e. The number of piperidine rings is 1. The molecule has 6 nitrogen and oxygen atoms in total. The molecular formula is C21H25N3O3. The number of amides is 1. The molecule has 2 aliphatic rings. The molecule has 3 heterocycles. The minimum Gasteiger partial charge on any atom is -0.366 e. The molecule has 4 rings (SSSR count). The predicted octanol–water partition coefficient (Wildman–Crippen LogP) is 2.98. The number of hydrogen-bond donors (Lipinski definition) is 1. The van der Waals surface area contributed by atoms with Crippen LogP contribution in [0.2, 0.25) is 0 Å². The number of hydrogen-bond acceptors (Lipinski definition) is 5. The van der Waals surface area contributed by atoms with Crippen LogP contribution < -0.4 is 5.32 Å². The van der Waals surface area contributed by atoms with Gasteiger partial charge in [-0.25, -0.2) is 4.98 Å². The maximum atomic E-state index is 12.9. The van der Waals surface area contributed by atoms with E-state index in [4.69, 9.17) is 9.47 Å². The summed E-state index contributed by atoms with van der Waals surface area (Å²) in [6, 6.07) is 12.0. The van der Waals surface area contributed by atoms with Crippen molar-refractivity contribution >= 4 is 11.7 Å². The molecule has 2 fully saturated rings. The SMILES string of the molecule is Cc1ccc(CNc2cc(C(=O)N3CCC4(CC3)OCCO4)ccn2)cc1. The number of carbonyl (C=O) groups is 1. The van der Waals surface area contributed by atoms with E-state index in [9.17, 15) is 4.79 Å². The fraction of sp³-hybridized carbons (Fsp3) is 0.429. The van der Waals surface area contributed by atoms with Crippen molar-refractivity contribution in [3.05, 3.63) is 59.3 Å². The Kier molecular flexibility index (Phi) is 5.09. The van der Waals surface area contributed by atoms with E-state index in [1.54, 1.807) is 12.3 Å². The van der Waals surface area contributed by atoms with Crippen LogP contribution in [-0.4, -0.2) is 47.9 Å². The molecule has 1 spiro atoms. The second-order valence-electron chi connectivity index (χ2n) is 7.17. The van der Waals surface area contributed by atoms with Gasteiger partial charge in [0.05, 0.1) is 13.2 Å². The average molecular weight is 367 g/mol. The number of anilines is 1. The molecule has 0 bridgehead atoms. The van der Waals surface area contributed by atoms with Gasteiger partial charge in [-0.15, -0.1) is 0 Å². The predicted molar refractivity (Wildman–Crippen MR) is 103 cm³/mol. The molecule has 0 saturated carbocycles. The Labute approximate surface area is 159 Å². The zero-order chi connectivity index (χ0) is 18.7. The number of rotatable bonds is 4. The first kappa shape index (κ1) is 17.9. The van der Waals surface area contributed by atoms with E-state index in [2.05, 4.69) is 41.5 Å². The van der Waals surface area contributed by atoms with Crippen molar-refractivity contribution in [2.45, 2.75) is 32.1 Å². The number of ether oxygens (including phenoxy) is 2. The summed E-state index contributed by atoms with van der Waals surface area (Å²) in [4.78, 5) is 19.1. The fourth-order valence-electron chi connectivity index (χ4n) is 3.58. The van der Waals surface area contributed by atoms with E-state index in [0.717, 1.165) is 12.8 Å². The van der Waals surface area contributed by atoms with Gasteiger partial charge in [-0.1, -0.05) is 29.8 Å². The molecule has 0 unspecified atom stereocenters. The second kappa shape index (κ2) is 7.66. The van der Waals surface area contributed by atoms with Crippen LogP contribution in [0.3, 0.4) is 0 Å². The van der Waals surface area contributed by atoms with Crippen LogP contribution in [0.25, 0.3) is 0 Å². The topological polar surface area (TPSA) is 63.7 Å². The Bertz CT molecular complexity index is 791. The van der Waals surface area contributed by atoms with Gasteiger partial charge < -0.3 is 19.7 Å². The van der Waals surface area contributed by atoms with Crippen molar-refractivity contribution in [1.29, 1.82) is 0 Å². The molecule has 0 aliphatic carbocycles. The zero-order valence-electron chi connectivity index (χ0n) is 15.6. The van der Waals surface area contributed by atoms with Gasteiger partial charge in [-0.3, -0.25) is 4.79 Å². The average Bonchev–Trinajstić information content (AvgIpc) is 3.16. The van der Waals surface area contributed by atoms with Crippen molar-refractivity contribution in [2.75, 3.05) is 31.6 Å². The molecule has 2 aromatic rings. The Morgan fingerprint density at radius 2 is 1.85 bits per heavy atom. The minimum absolute atomic E-state index is 0.0311. The number of nitrogens with one attached hydrogen (secondary N) is 1. The number of pyridine rings is 1. The summed E-state index contributed by atoms with van der Waals surface area (Å²) < 4.78 is 11.5. The standard InChI is InChI=1S/C21H25N3O3/c1-16-2-4-17(5-3-16)15-23-19-14-18(6-9-22-19)20(25)24-10-7-21(8-11-24)26-12-13-27-21/h2-6,9,14H,7-8,10-13,15H2,1H3,(H,22,23). The molecule has 6 heteroatoms. The van der Waals surface area contributed by atoms with Gasteiger partial charge >= 0.3 is 0 Å². The van der Waals surface area contributed by atoms with Crippen LogP contribution in [0.5, 0.6) is 0 Å². The highest BCUT2D eigenvalue weighted by Crippen LogP contribution is 2.31. The Hall–Kier alpha value is -2.44. The lowest BCUT2D eigenvalue weighted by molar-refractivity contribution is -0.181. The summed E-state index contributed by atoms with van der Waals surface area (Å²) in [7, 11) is 0. The molecule has 142 valence electrons. The maximum absolute atomic E-state index is 12.9. The first-order valence-electron chi connectivity index (χ1n) is 9.46. The van der Waals surface area contributed by atoms with Gasteiger partial charge in [0.15, 0.2) is 5.79 Å². The van der Waals surface area contributed by atoms with E-state index in [0.29, 0.717) is 44.2 Å². The quantitative estimate of drug-likeness (QED) is 0.900. The monoisotopic (exact) mass is 367 g/mol. The van der Waals surface area contributed by atoms with E-state index < -0.39 is 5.79 Å². The van der Waals surface area contributed by atoms with Gasteiger partial charge in [0.2, 0.25) is 0 Å². The van der Waals surface area contributed by atoms with E-state index in [1.807, 2.05) is 11.0 Å². The molecule has 27 heavy (non-hydrogen) atoms. The van der Waals surface area contributed by atoms with Gasteiger partial charge in [0.25, 0.3) is 5.91 Å². The van der Waals surface area contributed by atoms with Gasteiger partial charge in [-0.05, 0) is 24.6 Å². The first-order chi connectivity index (χ1) is 13.1. The van der Waals surface area contributed by atoms with Crippen molar-refractivity contribution in [3.63, 3.8) is 0 Å². The molecule has 0 radical (unpaired) electrons. The molecule has 1 aromatic heterocycles. The third-order valence-corrected chi connectivity index (χ3v) is 5.23. The summed E-state index contributed by atoms with van der Waals surface area (Å²) in [6.07, 6.45) is 3.13. The summed E-state index contributed by atoms with van der Waals surface area (Å²) in [5.74, 6) is 0.275. The van der Waals surface area contributed by atoms with E-state index in [1.165, 1.54) is 11.1 Å². The van der Waals surface area contributed by atoms with Crippen molar-refractivity contribution in [1.82, 2.24) is 9.88 Å². The van der Waals surface area contributed by atoms with E-state index in [-0.39, 0.29) is 5.91 Å². The summed E-state index contributed by atoms with van der Waals surface area (Å²) in [5, 5.41) is 3.30. The summed E-state index contributed by atoms with van der Waals surface area (Å²) in [6.45, 7) is 5.33. The molecule has 1 aromatic carbocycles. The molecule has 2 saturated heterocycles. The van der Waals surface area contributed by atoms with Crippen LogP contribution in [0, 0.1) is 6.92 Å². The Morgan fingerprint density at radius 3 is 2.56 bits per heavy atom. The van der Waals surface area contributed by atoms with Crippen LogP contribution in [-0.2, 0) is 16.0 Å². The summed E-state index contributed by atoms with van der Waals surface area (Å²) in [5.41, 5.74) is 3.07. The second-order valence-corrected chi connectivity index (χ2v) is 7.17. The zero-order valence-corrected chi connectivity index (χ0v) is 15.6. The molecule has 0 atom stereocenters. The number of likely N-dealkylation sites (tertiary alicyclic amines) is 1. The Morgan fingerprint density at radius 1 is 1.15 bits per heavy atom. The normalized spacial score (nSPS) is 18.6. The van der Waals surface area contributed by atoms with Crippen molar-refractivity contribution in [3.8, 4) is 0 Å². The molecular weight excluding hydrogens is 342 g/mol. The first-order valence-corrected chi connectivity index (χ1v) is 9.46. The lowest BCUT2D eigenvalue weighted by Gasteiger charge is -2.37.